The number of hydrogen-bond donors (Lipinski definition) is 0. The number of benzene rings is 3. The molecule has 0 atom stereocenters. The molecule has 0 nitrogen and oxygen atoms in total. The van der Waals surface area contributed by atoms with Crippen molar-refractivity contribution >= 4 is 109 Å². The van der Waals surface area contributed by atoms with Crippen LogP contribution in [0.5, 0.6) is 0 Å². The van der Waals surface area contributed by atoms with Crippen LogP contribution in [-0.4, -0.2) is 0 Å². The van der Waals surface area contributed by atoms with Crippen molar-refractivity contribution in [1.82, 2.24) is 0 Å². The monoisotopic (exact) mass is 534 g/mol. The average Bonchev–Trinajstić information content (AvgIpc) is 3.61. The van der Waals surface area contributed by atoms with E-state index < -0.39 is 0 Å². The highest BCUT2D eigenvalue weighted by atomic mass is 32.1. The Bertz CT molecular complexity index is 1790. The van der Waals surface area contributed by atoms with Crippen molar-refractivity contribution in [2.75, 3.05) is 0 Å². The van der Waals surface area contributed by atoms with Crippen LogP contribution < -0.4 is 0 Å². The quantitative estimate of drug-likeness (QED) is 0.211. The van der Waals surface area contributed by atoms with Crippen LogP contribution in [0.25, 0.3) is 63.3 Å². The average molecular weight is 535 g/mol. The smallest absolute Gasteiger partial charge is 0.0536 e. The summed E-state index contributed by atoms with van der Waals surface area (Å²) in [7, 11) is 0. The second kappa shape index (κ2) is 8.82. The number of rotatable bonds is 4. The van der Waals surface area contributed by atoms with Crippen LogP contribution in [0.3, 0.4) is 0 Å². The summed E-state index contributed by atoms with van der Waals surface area (Å²) in [6.07, 6.45) is 8.93. The lowest BCUT2D eigenvalue weighted by molar-refractivity contribution is 1.46. The maximum Gasteiger partial charge on any atom is 0.0536 e. The van der Waals surface area contributed by atoms with Crippen LogP contribution in [0, 0.1) is 13.8 Å². The zero-order valence-electron chi connectivity index (χ0n) is 19.9. The van der Waals surface area contributed by atoms with Gasteiger partial charge >= 0.3 is 0 Å². The predicted molar refractivity (Wildman–Crippen MR) is 168 cm³/mol. The fourth-order valence-corrected chi connectivity index (χ4v) is 9.41. The zero-order chi connectivity index (χ0) is 24.2. The first kappa shape index (κ1) is 22.2. The third kappa shape index (κ3) is 4.04. The van der Waals surface area contributed by atoms with Crippen LogP contribution in [0.15, 0.2) is 72.8 Å². The van der Waals surface area contributed by atoms with E-state index in [-0.39, 0.29) is 0 Å². The molecule has 7 aromatic rings. The Balaban J connectivity index is 1.23. The third-order valence-electron chi connectivity index (χ3n) is 6.48. The molecule has 4 aromatic heterocycles. The Labute approximate surface area is 226 Å². The van der Waals surface area contributed by atoms with Crippen molar-refractivity contribution < 1.29 is 0 Å². The van der Waals surface area contributed by atoms with Gasteiger partial charge in [0.1, 0.15) is 0 Å². The number of hydrogen-bond acceptors (Lipinski definition) is 4. The molecule has 0 N–H and O–H groups in total. The second-order valence-corrected chi connectivity index (χ2v) is 13.6. The molecule has 0 bridgehead atoms. The van der Waals surface area contributed by atoms with Gasteiger partial charge in [0, 0.05) is 39.3 Å². The summed E-state index contributed by atoms with van der Waals surface area (Å²) in [6.45, 7) is 4.26. The summed E-state index contributed by atoms with van der Waals surface area (Å²) in [5.41, 5.74) is 5.08. The van der Waals surface area contributed by atoms with Gasteiger partial charge in [-0.3, -0.25) is 0 Å². The maximum atomic E-state index is 2.42. The fraction of sp³-hybridized carbons (Fsp3) is 0.0625. The van der Waals surface area contributed by atoms with Gasteiger partial charge in [0.15, 0.2) is 0 Å². The van der Waals surface area contributed by atoms with Crippen molar-refractivity contribution in [3.63, 3.8) is 0 Å². The Morgan fingerprint density at radius 2 is 0.861 bits per heavy atom. The highest BCUT2D eigenvalue weighted by Crippen LogP contribution is 2.46. The Kier molecular flexibility index (Phi) is 5.44. The molecule has 0 aliphatic heterocycles. The molecule has 36 heavy (non-hydrogen) atoms. The lowest BCUT2D eigenvalue weighted by Crippen LogP contribution is -1.72. The van der Waals surface area contributed by atoms with E-state index in [9.17, 15) is 0 Å². The summed E-state index contributed by atoms with van der Waals surface area (Å²) in [5, 5.41) is 2.80. The first-order chi connectivity index (χ1) is 17.6. The van der Waals surface area contributed by atoms with Gasteiger partial charge in [-0.05, 0) is 61.4 Å². The van der Waals surface area contributed by atoms with Gasteiger partial charge in [-0.1, -0.05) is 71.8 Å². The van der Waals surface area contributed by atoms with E-state index in [1.165, 1.54) is 71.0 Å². The minimum atomic E-state index is 1.25. The minimum absolute atomic E-state index is 1.25. The van der Waals surface area contributed by atoms with Crippen LogP contribution in [0.4, 0.5) is 0 Å². The molecule has 7 rings (SSSR count). The minimum Gasteiger partial charge on any atom is -0.134 e. The molecular formula is C32H22S4. The first-order valence-electron chi connectivity index (χ1n) is 11.9. The van der Waals surface area contributed by atoms with Crippen molar-refractivity contribution in [2.24, 2.45) is 0 Å². The van der Waals surface area contributed by atoms with E-state index >= 15 is 0 Å². The molecule has 0 fully saturated rings. The summed E-state index contributed by atoms with van der Waals surface area (Å²) in [6, 6.07) is 26.9. The molecule has 3 aromatic carbocycles. The summed E-state index contributed by atoms with van der Waals surface area (Å²) < 4.78 is 8.39. The van der Waals surface area contributed by atoms with Gasteiger partial charge in [-0.25, -0.2) is 0 Å². The van der Waals surface area contributed by atoms with E-state index in [0.717, 1.165) is 0 Å². The Hall–Kier alpha value is -3.02. The van der Waals surface area contributed by atoms with Crippen molar-refractivity contribution in [1.29, 1.82) is 0 Å². The maximum absolute atomic E-state index is 2.42. The molecule has 0 aliphatic carbocycles. The van der Waals surface area contributed by atoms with Crippen molar-refractivity contribution in [3.05, 3.63) is 105 Å². The van der Waals surface area contributed by atoms with E-state index in [0.29, 0.717) is 0 Å². The molecule has 0 saturated carbocycles. The van der Waals surface area contributed by atoms with Gasteiger partial charge in [0.05, 0.1) is 9.40 Å². The summed E-state index contributed by atoms with van der Waals surface area (Å²) >= 11 is 7.65. The molecule has 0 spiro atoms. The molecule has 0 unspecified atom stereocenters. The van der Waals surface area contributed by atoms with E-state index in [4.69, 9.17) is 0 Å². The standard InChI is InChI=1S/C32H22S4/c1-19-3-7-21(8-4-19)11-13-23-15-29-31(33-23)25-17-28-26(18-27(25)35-29)32-30(36-28)16-24(34-32)14-12-22-9-5-20(2)6-10-22/h3-18H,1-2H3. The van der Waals surface area contributed by atoms with E-state index in [2.05, 4.69) is 111 Å². The van der Waals surface area contributed by atoms with Crippen molar-refractivity contribution in [3.8, 4) is 0 Å². The number of thiophene rings is 4. The van der Waals surface area contributed by atoms with E-state index in [1.54, 1.807) is 0 Å². The van der Waals surface area contributed by atoms with Crippen LogP contribution >= 0.6 is 45.3 Å². The molecule has 0 radical (unpaired) electrons. The van der Waals surface area contributed by atoms with Crippen LogP contribution in [-0.2, 0) is 0 Å². The van der Waals surface area contributed by atoms with Gasteiger partial charge < -0.3 is 0 Å². The second-order valence-electron chi connectivity index (χ2n) is 9.22. The fourth-order valence-electron chi connectivity index (χ4n) is 4.51. The third-order valence-corrected chi connectivity index (χ3v) is 11.2. The predicted octanol–water partition coefficient (Wildman–Crippen LogP) is 11.5. The topological polar surface area (TPSA) is 0 Å². The molecule has 4 heteroatoms. The SMILES string of the molecule is Cc1ccc(C=Cc2cc3sc4cc5c(cc4c3s2)sc2cc(C=Cc3ccc(C)cc3)sc25)cc1. The van der Waals surface area contributed by atoms with Gasteiger partial charge in [0.25, 0.3) is 0 Å². The van der Waals surface area contributed by atoms with Crippen molar-refractivity contribution in [2.45, 2.75) is 13.8 Å². The van der Waals surface area contributed by atoms with Gasteiger partial charge in [0.2, 0.25) is 0 Å². The first-order valence-corrected chi connectivity index (χ1v) is 15.2. The van der Waals surface area contributed by atoms with Crippen LogP contribution in [0.2, 0.25) is 0 Å². The zero-order valence-corrected chi connectivity index (χ0v) is 23.1. The van der Waals surface area contributed by atoms with Gasteiger partial charge in [-0.15, -0.1) is 45.3 Å². The highest BCUT2D eigenvalue weighted by molar-refractivity contribution is 7.34. The molecule has 0 saturated heterocycles. The molecule has 4 heterocycles. The molecule has 0 amide bonds. The molecule has 174 valence electrons. The number of fused-ring (bicyclic) bond motifs is 6. The highest BCUT2D eigenvalue weighted by Gasteiger charge is 2.14. The van der Waals surface area contributed by atoms with Crippen LogP contribution in [0.1, 0.15) is 32.0 Å². The summed E-state index contributed by atoms with van der Waals surface area (Å²) in [5.74, 6) is 0. The lowest BCUT2D eigenvalue weighted by atomic mass is 10.1. The molecular weight excluding hydrogens is 513 g/mol. The normalized spacial score (nSPS) is 12.5. The lowest BCUT2D eigenvalue weighted by Gasteiger charge is -1.95. The van der Waals surface area contributed by atoms with E-state index in [1.807, 2.05) is 45.3 Å². The number of aryl methyl sites for hydroxylation is 2. The Morgan fingerprint density at radius 3 is 1.28 bits per heavy atom. The van der Waals surface area contributed by atoms with Gasteiger partial charge in [-0.2, -0.15) is 0 Å². The largest absolute Gasteiger partial charge is 0.134 e. The molecule has 0 aliphatic rings. The Morgan fingerprint density at radius 1 is 0.444 bits per heavy atom. The summed E-state index contributed by atoms with van der Waals surface area (Å²) in [4.78, 5) is 2.63.